The molecule has 0 saturated carbocycles. The van der Waals surface area contributed by atoms with Gasteiger partial charge in [-0.05, 0) is 18.2 Å². The van der Waals surface area contributed by atoms with Gasteiger partial charge in [0.05, 0.1) is 22.1 Å². The zero-order valence-corrected chi connectivity index (χ0v) is 11.9. The molecule has 1 rings (SSSR count). The maximum absolute atomic E-state index is 11.9. The summed E-state index contributed by atoms with van der Waals surface area (Å²) in [5, 5.41) is 8.76. The SMILES string of the molecule is N#Cc1ccc(S(=O)(=O)NCCOCC(N)=O)cc1Cl. The third-order valence-electron chi connectivity index (χ3n) is 2.15. The number of hydrogen-bond donors (Lipinski definition) is 2. The molecule has 0 aliphatic carbocycles. The Labute approximate surface area is 121 Å². The largest absolute Gasteiger partial charge is 0.370 e. The van der Waals surface area contributed by atoms with Crippen LogP contribution in [-0.4, -0.2) is 34.1 Å². The highest BCUT2D eigenvalue weighted by molar-refractivity contribution is 7.89. The molecule has 20 heavy (non-hydrogen) atoms. The highest BCUT2D eigenvalue weighted by atomic mass is 35.5. The topological polar surface area (TPSA) is 122 Å². The van der Waals surface area contributed by atoms with Crippen molar-refractivity contribution in [1.29, 1.82) is 5.26 Å². The monoisotopic (exact) mass is 317 g/mol. The van der Waals surface area contributed by atoms with E-state index in [1.54, 1.807) is 0 Å². The molecule has 0 fully saturated rings. The average molecular weight is 318 g/mol. The number of benzene rings is 1. The number of halogens is 1. The Morgan fingerprint density at radius 3 is 2.75 bits per heavy atom. The number of hydrogen-bond acceptors (Lipinski definition) is 5. The van der Waals surface area contributed by atoms with Gasteiger partial charge in [-0.3, -0.25) is 4.79 Å². The molecule has 3 N–H and O–H groups in total. The second kappa shape index (κ2) is 7.21. The molecule has 0 bridgehead atoms. The number of nitrogens with two attached hydrogens (primary N) is 1. The normalized spacial score (nSPS) is 11.0. The van der Waals surface area contributed by atoms with Gasteiger partial charge >= 0.3 is 0 Å². The molecule has 9 heteroatoms. The average Bonchev–Trinajstić information content (AvgIpc) is 2.37. The first-order valence-electron chi connectivity index (χ1n) is 5.42. The number of rotatable bonds is 7. The van der Waals surface area contributed by atoms with Crippen LogP contribution in [0.5, 0.6) is 0 Å². The molecule has 108 valence electrons. The van der Waals surface area contributed by atoms with Crippen molar-refractivity contribution in [2.75, 3.05) is 19.8 Å². The van der Waals surface area contributed by atoms with Crippen molar-refractivity contribution < 1.29 is 17.9 Å². The highest BCUT2D eigenvalue weighted by Crippen LogP contribution is 2.19. The van der Waals surface area contributed by atoms with E-state index < -0.39 is 15.9 Å². The van der Waals surface area contributed by atoms with Gasteiger partial charge in [0, 0.05) is 6.54 Å². The van der Waals surface area contributed by atoms with Gasteiger partial charge in [0.2, 0.25) is 15.9 Å². The third-order valence-corrected chi connectivity index (χ3v) is 3.93. The van der Waals surface area contributed by atoms with Gasteiger partial charge in [-0.25, -0.2) is 13.1 Å². The molecule has 0 aliphatic heterocycles. The van der Waals surface area contributed by atoms with E-state index in [0.29, 0.717) is 0 Å². The molecule has 1 aromatic rings. The fourth-order valence-corrected chi connectivity index (χ4v) is 2.58. The quantitative estimate of drug-likeness (QED) is 0.685. The van der Waals surface area contributed by atoms with Crippen LogP contribution in [-0.2, 0) is 19.6 Å². The lowest BCUT2D eigenvalue weighted by Crippen LogP contribution is -2.29. The molecule has 0 aliphatic rings. The molecule has 1 aromatic carbocycles. The van der Waals surface area contributed by atoms with Crippen molar-refractivity contribution in [2.45, 2.75) is 4.90 Å². The Morgan fingerprint density at radius 1 is 1.50 bits per heavy atom. The summed E-state index contributed by atoms with van der Waals surface area (Å²) in [5.41, 5.74) is 5.04. The van der Waals surface area contributed by atoms with Gasteiger partial charge in [-0.1, -0.05) is 11.6 Å². The van der Waals surface area contributed by atoms with Gasteiger partial charge in [0.15, 0.2) is 0 Å². The van der Waals surface area contributed by atoms with Crippen molar-refractivity contribution in [3.8, 4) is 6.07 Å². The number of amides is 1. The zero-order valence-electron chi connectivity index (χ0n) is 10.3. The van der Waals surface area contributed by atoms with Crippen molar-refractivity contribution >= 4 is 27.5 Å². The predicted molar refractivity (Wildman–Crippen MR) is 71.4 cm³/mol. The number of carbonyl (C=O) groups excluding carboxylic acids is 1. The zero-order chi connectivity index (χ0) is 15.2. The molecule has 0 aromatic heterocycles. The predicted octanol–water partition coefficient (Wildman–Crippen LogP) is -0.00812. The summed E-state index contributed by atoms with van der Waals surface area (Å²) in [6, 6.07) is 5.62. The van der Waals surface area contributed by atoms with E-state index in [0.717, 1.165) is 0 Å². The van der Waals surface area contributed by atoms with E-state index in [1.807, 2.05) is 6.07 Å². The maximum Gasteiger partial charge on any atom is 0.243 e. The molecular formula is C11H12ClN3O4S. The Hall–Kier alpha value is -1.66. The van der Waals surface area contributed by atoms with Crippen molar-refractivity contribution in [2.24, 2.45) is 5.73 Å². The fourth-order valence-electron chi connectivity index (χ4n) is 1.26. The lowest BCUT2D eigenvalue weighted by molar-refractivity contribution is -0.122. The second-order valence-corrected chi connectivity index (χ2v) is 5.84. The maximum atomic E-state index is 11.9. The van der Waals surface area contributed by atoms with E-state index in [9.17, 15) is 13.2 Å². The molecule has 7 nitrogen and oxygen atoms in total. The third kappa shape index (κ3) is 4.79. The van der Waals surface area contributed by atoms with E-state index in [1.165, 1.54) is 18.2 Å². The molecular weight excluding hydrogens is 306 g/mol. The second-order valence-electron chi connectivity index (χ2n) is 3.67. The molecule has 0 atom stereocenters. The van der Waals surface area contributed by atoms with Crippen LogP contribution in [0.4, 0.5) is 0 Å². The van der Waals surface area contributed by atoms with Gasteiger partial charge in [-0.15, -0.1) is 0 Å². The van der Waals surface area contributed by atoms with E-state index in [4.69, 9.17) is 27.3 Å². The Balaban J connectivity index is 2.63. The van der Waals surface area contributed by atoms with E-state index >= 15 is 0 Å². The van der Waals surface area contributed by atoms with Gasteiger partial charge in [0.1, 0.15) is 12.7 Å². The number of nitrogens with zero attached hydrogens (tertiary/aromatic N) is 1. The Bertz CT molecular complexity index is 640. The molecule has 0 radical (unpaired) electrons. The minimum atomic E-state index is -3.75. The van der Waals surface area contributed by atoms with Crippen molar-refractivity contribution in [3.63, 3.8) is 0 Å². The Morgan fingerprint density at radius 2 is 2.20 bits per heavy atom. The summed E-state index contributed by atoms with van der Waals surface area (Å²) in [6.45, 7) is -0.288. The smallest absolute Gasteiger partial charge is 0.243 e. The number of nitrogens with one attached hydrogen (secondary N) is 1. The lowest BCUT2D eigenvalue weighted by atomic mass is 10.2. The van der Waals surface area contributed by atoms with Gasteiger partial charge in [0.25, 0.3) is 0 Å². The van der Waals surface area contributed by atoms with Crippen LogP contribution in [0, 0.1) is 11.3 Å². The van der Waals surface area contributed by atoms with Gasteiger partial charge < -0.3 is 10.5 Å². The Kier molecular flexibility index (Phi) is 5.91. The number of ether oxygens (including phenoxy) is 1. The summed E-state index contributed by atoms with van der Waals surface area (Å²) >= 11 is 5.76. The van der Waals surface area contributed by atoms with Crippen LogP contribution >= 0.6 is 11.6 Å². The molecule has 0 heterocycles. The first-order chi connectivity index (χ1) is 9.36. The molecule has 0 spiro atoms. The number of primary amides is 1. The number of carbonyl (C=O) groups is 1. The minimum absolute atomic E-state index is 0.00613. The molecule has 0 unspecified atom stereocenters. The first-order valence-corrected chi connectivity index (χ1v) is 7.28. The van der Waals surface area contributed by atoms with Crippen LogP contribution in [0.2, 0.25) is 5.02 Å². The van der Waals surface area contributed by atoms with Crippen molar-refractivity contribution in [3.05, 3.63) is 28.8 Å². The highest BCUT2D eigenvalue weighted by Gasteiger charge is 2.15. The van der Waals surface area contributed by atoms with Crippen LogP contribution in [0.1, 0.15) is 5.56 Å². The lowest BCUT2D eigenvalue weighted by Gasteiger charge is -2.07. The molecule has 1 amide bonds. The standard InChI is InChI=1S/C11H12ClN3O4S/c12-10-5-9(2-1-8(10)6-13)20(17,18)15-3-4-19-7-11(14)16/h1-2,5,15H,3-4,7H2,(H2,14,16). The summed E-state index contributed by atoms with van der Waals surface area (Å²) in [5.74, 6) is -0.633. The van der Waals surface area contributed by atoms with Gasteiger partial charge in [-0.2, -0.15) is 5.26 Å². The van der Waals surface area contributed by atoms with Crippen LogP contribution in [0.25, 0.3) is 0 Å². The number of sulfonamides is 1. The van der Waals surface area contributed by atoms with Crippen LogP contribution in [0.15, 0.2) is 23.1 Å². The van der Waals surface area contributed by atoms with E-state index in [-0.39, 0.29) is 35.2 Å². The summed E-state index contributed by atoms with van der Waals surface area (Å²) < 4.78 is 30.8. The van der Waals surface area contributed by atoms with E-state index in [2.05, 4.69) is 4.72 Å². The first kappa shape index (κ1) is 16.4. The van der Waals surface area contributed by atoms with Crippen LogP contribution in [0.3, 0.4) is 0 Å². The minimum Gasteiger partial charge on any atom is -0.370 e. The van der Waals surface area contributed by atoms with Crippen molar-refractivity contribution in [1.82, 2.24) is 4.72 Å². The summed E-state index contributed by atoms with van der Waals surface area (Å²) in [6.07, 6.45) is 0. The fraction of sp³-hybridized carbons (Fsp3) is 0.273. The van der Waals surface area contributed by atoms with Crippen LogP contribution < -0.4 is 10.5 Å². The molecule has 0 saturated heterocycles. The summed E-state index contributed by atoms with van der Waals surface area (Å²) in [7, 11) is -3.75. The summed E-state index contributed by atoms with van der Waals surface area (Å²) in [4.78, 5) is 10.3. The number of nitriles is 1.